The maximum Gasteiger partial charge on any atom is 0.292 e. The van der Waals surface area contributed by atoms with Crippen molar-refractivity contribution in [2.45, 2.75) is 12.8 Å². The van der Waals surface area contributed by atoms with Crippen molar-refractivity contribution in [2.24, 2.45) is 0 Å². The summed E-state index contributed by atoms with van der Waals surface area (Å²) in [6.07, 6.45) is 1.99. The molecular formula is C13H16N6O. The van der Waals surface area contributed by atoms with Crippen molar-refractivity contribution in [3.63, 3.8) is 0 Å². The van der Waals surface area contributed by atoms with E-state index in [0.717, 1.165) is 25.9 Å². The molecule has 1 aromatic carbocycles. The Morgan fingerprint density at radius 2 is 2.30 bits per heavy atom. The van der Waals surface area contributed by atoms with Gasteiger partial charge in [-0.05, 0) is 29.7 Å². The van der Waals surface area contributed by atoms with E-state index in [-0.39, 0.29) is 11.7 Å². The number of benzene rings is 1. The van der Waals surface area contributed by atoms with Crippen molar-refractivity contribution in [2.75, 3.05) is 24.5 Å². The molecule has 2 heterocycles. The average Bonchev–Trinajstić information content (AvgIpc) is 3.13. The smallest absolute Gasteiger partial charge is 0.292 e. The predicted octanol–water partition coefficient (Wildman–Crippen LogP) is 0.382. The summed E-state index contributed by atoms with van der Waals surface area (Å²) in [4.78, 5) is 13.9. The molecule has 0 aliphatic carbocycles. The molecule has 1 aliphatic heterocycles. The van der Waals surface area contributed by atoms with Gasteiger partial charge in [-0.15, -0.1) is 10.2 Å². The van der Waals surface area contributed by atoms with E-state index in [1.807, 2.05) is 0 Å². The first kappa shape index (κ1) is 12.6. The van der Waals surface area contributed by atoms with Gasteiger partial charge in [0.05, 0.1) is 0 Å². The average molecular weight is 272 g/mol. The second kappa shape index (κ2) is 5.68. The first-order valence-corrected chi connectivity index (χ1v) is 6.69. The molecule has 1 amide bonds. The van der Waals surface area contributed by atoms with Gasteiger partial charge in [-0.1, -0.05) is 18.2 Å². The van der Waals surface area contributed by atoms with E-state index in [1.165, 1.54) is 11.3 Å². The van der Waals surface area contributed by atoms with Crippen LogP contribution in [0.1, 0.15) is 22.6 Å². The van der Waals surface area contributed by atoms with Crippen LogP contribution in [0, 0.1) is 0 Å². The number of hydrogen-bond acceptors (Lipinski definition) is 5. The lowest BCUT2D eigenvalue weighted by molar-refractivity contribution is 0.0943. The van der Waals surface area contributed by atoms with Gasteiger partial charge < -0.3 is 10.2 Å². The quantitative estimate of drug-likeness (QED) is 0.769. The van der Waals surface area contributed by atoms with Crippen LogP contribution in [-0.4, -0.2) is 46.2 Å². The van der Waals surface area contributed by atoms with E-state index < -0.39 is 0 Å². The second-order valence-electron chi connectivity index (χ2n) is 4.71. The molecule has 1 aromatic heterocycles. The third-order valence-corrected chi connectivity index (χ3v) is 3.42. The van der Waals surface area contributed by atoms with Gasteiger partial charge in [-0.3, -0.25) is 4.79 Å². The van der Waals surface area contributed by atoms with Crippen LogP contribution in [-0.2, 0) is 6.42 Å². The Kier molecular flexibility index (Phi) is 3.58. The summed E-state index contributed by atoms with van der Waals surface area (Å²) in [6, 6.07) is 8.47. The summed E-state index contributed by atoms with van der Waals surface area (Å²) in [7, 11) is 0. The summed E-state index contributed by atoms with van der Waals surface area (Å²) in [5.41, 5.74) is 2.72. The van der Waals surface area contributed by atoms with E-state index in [1.54, 1.807) is 0 Å². The molecule has 7 heteroatoms. The predicted molar refractivity (Wildman–Crippen MR) is 73.5 cm³/mol. The molecule has 0 bridgehead atoms. The summed E-state index contributed by atoms with van der Waals surface area (Å²) in [5.74, 6) is -0.211. The van der Waals surface area contributed by atoms with Crippen molar-refractivity contribution < 1.29 is 4.79 Å². The summed E-state index contributed by atoms with van der Waals surface area (Å²) >= 11 is 0. The van der Waals surface area contributed by atoms with E-state index in [4.69, 9.17) is 0 Å². The minimum absolute atomic E-state index is 0.0801. The van der Waals surface area contributed by atoms with E-state index in [0.29, 0.717) is 6.54 Å². The first-order valence-electron chi connectivity index (χ1n) is 6.69. The molecule has 0 radical (unpaired) electrons. The van der Waals surface area contributed by atoms with Gasteiger partial charge in [0.1, 0.15) is 0 Å². The fourth-order valence-corrected chi connectivity index (χ4v) is 2.45. The highest BCUT2D eigenvalue weighted by Gasteiger charge is 2.17. The van der Waals surface area contributed by atoms with Crippen LogP contribution >= 0.6 is 0 Å². The molecule has 0 spiro atoms. The van der Waals surface area contributed by atoms with Crippen LogP contribution in [0.5, 0.6) is 0 Å². The summed E-state index contributed by atoms with van der Waals surface area (Å²) in [6.45, 7) is 2.59. The molecule has 0 saturated carbocycles. The van der Waals surface area contributed by atoms with Crippen LogP contribution < -0.4 is 10.2 Å². The van der Waals surface area contributed by atoms with E-state index in [9.17, 15) is 4.79 Å². The number of para-hydroxylation sites is 1. The highest BCUT2D eigenvalue weighted by Crippen LogP contribution is 2.27. The minimum atomic E-state index is -0.291. The fourth-order valence-electron chi connectivity index (χ4n) is 2.45. The van der Waals surface area contributed by atoms with Crippen molar-refractivity contribution in [1.82, 2.24) is 25.9 Å². The zero-order valence-corrected chi connectivity index (χ0v) is 11.0. The number of rotatable bonds is 5. The number of aromatic nitrogens is 4. The molecule has 1 aliphatic rings. The Labute approximate surface area is 116 Å². The van der Waals surface area contributed by atoms with Gasteiger partial charge in [-0.2, -0.15) is 5.21 Å². The standard InChI is InChI=1S/C13H16N6O/c20-13(12-15-17-18-16-12)14-7-3-8-19-9-6-10-4-1-2-5-11(10)19/h1-2,4-5H,3,6-9H2,(H,14,20)(H,15,16,17,18). The van der Waals surface area contributed by atoms with Gasteiger partial charge >= 0.3 is 0 Å². The normalized spacial score (nSPS) is 13.3. The number of anilines is 1. The molecule has 20 heavy (non-hydrogen) atoms. The number of carbonyl (C=O) groups is 1. The summed E-state index contributed by atoms with van der Waals surface area (Å²) in [5, 5.41) is 15.7. The van der Waals surface area contributed by atoms with Crippen LogP contribution in [0.2, 0.25) is 0 Å². The first-order chi connectivity index (χ1) is 9.84. The zero-order valence-electron chi connectivity index (χ0n) is 11.0. The highest BCUT2D eigenvalue weighted by molar-refractivity contribution is 5.89. The molecule has 3 rings (SSSR count). The van der Waals surface area contributed by atoms with Gasteiger partial charge in [0.25, 0.3) is 11.7 Å². The molecule has 2 aromatic rings. The number of amides is 1. The molecule has 0 unspecified atom stereocenters. The lowest BCUT2D eigenvalue weighted by Crippen LogP contribution is -2.29. The largest absolute Gasteiger partial charge is 0.371 e. The second-order valence-corrected chi connectivity index (χ2v) is 4.71. The Morgan fingerprint density at radius 3 is 3.15 bits per heavy atom. The molecule has 0 atom stereocenters. The number of nitrogens with one attached hydrogen (secondary N) is 2. The van der Waals surface area contributed by atoms with Crippen molar-refractivity contribution in [1.29, 1.82) is 0 Å². The Morgan fingerprint density at radius 1 is 1.40 bits per heavy atom. The van der Waals surface area contributed by atoms with Crippen molar-refractivity contribution >= 4 is 11.6 Å². The Balaban J connectivity index is 1.44. The van der Waals surface area contributed by atoms with Gasteiger partial charge in [0.2, 0.25) is 0 Å². The SMILES string of the molecule is O=C(NCCCN1CCc2ccccc21)c1nn[nH]n1. The number of aromatic amines is 1. The third kappa shape index (κ3) is 2.61. The molecular weight excluding hydrogens is 256 g/mol. The van der Waals surface area contributed by atoms with E-state index in [2.05, 4.69) is 55.1 Å². The number of tetrazole rings is 1. The van der Waals surface area contributed by atoms with Crippen LogP contribution in [0.3, 0.4) is 0 Å². The number of carbonyl (C=O) groups excluding carboxylic acids is 1. The van der Waals surface area contributed by atoms with Gasteiger partial charge in [0.15, 0.2) is 0 Å². The van der Waals surface area contributed by atoms with E-state index >= 15 is 0 Å². The molecule has 0 fully saturated rings. The molecule has 7 nitrogen and oxygen atoms in total. The molecule has 0 saturated heterocycles. The molecule has 2 N–H and O–H groups in total. The summed E-state index contributed by atoms with van der Waals surface area (Å²) < 4.78 is 0. The van der Waals surface area contributed by atoms with Crippen molar-refractivity contribution in [3.8, 4) is 0 Å². The number of fused-ring (bicyclic) bond motifs is 1. The van der Waals surface area contributed by atoms with Gasteiger partial charge in [0, 0.05) is 25.3 Å². The highest BCUT2D eigenvalue weighted by atomic mass is 16.2. The topological polar surface area (TPSA) is 86.8 Å². The molecule has 104 valence electrons. The zero-order chi connectivity index (χ0) is 13.8. The fraction of sp³-hybridized carbons (Fsp3) is 0.385. The third-order valence-electron chi connectivity index (χ3n) is 3.42. The van der Waals surface area contributed by atoms with Crippen LogP contribution in [0.25, 0.3) is 0 Å². The monoisotopic (exact) mass is 272 g/mol. The van der Waals surface area contributed by atoms with Crippen LogP contribution in [0.15, 0.2) is 24.3 Å². The van der Waals surface area contributed by atoms with Crippen molar-refractivity contribution in [3.05, 3.63) is 35.7 Å². The minimum Gasteiger partial charge on any atom is -0.371 e. The number of H-pyrrole nitrogens is 1. The number of nitrogens with zero attached hydrogens (tertiary/aromatic N) is 4. The maximum atomic E-state index is 11.6. The van der Waals surface area contributed by atoms with Gasteiger partial charge in [-0.25, -0.2) is 0 Å². The lowest BCUT2D eigenvalue weighted by Gasteiger charge is -2.19. The lowest BCUT2D eigenvalue weighted by atomic mass is 10.2. The number of hydrogen-bond donors (Lipinski definition) is 2. The Bertz CT molecular complexity index is 582. The maximum absolute atomic E-state index is 11.6. The Hall–Kier alpha value is -2.44. The van der Waals surface area contributed by atoms with Crippen LogP contribution in [0.4, 0.5) is 5.69 Å².